The fourth-order valence-corrected chi connectivity index (χ4v) is 3.85. The first-order valence-corrected chi connectivity index (χ1v) is 10.7. The molecule has 1 atom stereocenters. The third-order valence-electron chi connectivity index (χ3n) is 5.80. The molecule has 2 aliphatic rings. The van der Waals surface area contributed by atoms with E-state index in [4.69, 9.17) is 14.3 Å². The summed E-state index contributed by atoms with van der Waals surface area (Å²) in [6.07, 6.45) is 2.51. The van der Waals surface area contributed by atoms with Gasteiger partial charge in [-0.15, -0.1) is 34.2 Å². The minimum absolute atomic E-state index is 0. The molecule has 0 aromatic carbocycles. The maximum absolute atomic E-state index is 5.77. The van der Waals surface area contributed by atoms with E-state index in [1.807, 2.05) is 31.5 Å². The molecule has 4 rings (SSSR count). The molecule has 1 unspecified atom stereocenters. The number of nitrogens with one attached hydrogen (secondary N) is 1. The summed E-state index contributed by atoms with van der Waals surface area (Å²) in [5, 5.41) is 16.0. The van der Waals surface area contributed by atoms with E-state index < -0.39 is 0 Å². The van der Waals surface area contributed by atoms with Crippen LogP contribution < -0.4 is 5.32 Å². The number of aryl methyl sites for hydroxylation is 2. The van der Waals surface area contributed by atoms with Crippen LogP contribution in [0.15, 0.2) is 15.6 Å². The van der Waals surface area contributed by atoms with Gasteiger partial charge in [0.15, 0.2) is 11.8 Å². The quantitative estimate of drug-likeness (QED) is 0.332. The molecule has 2 fully saturated rings. The molecule has 0 spiro atoms. The molecule has 10 nitrogen and oxygen atoms in total. The second kappa shape index (κ2) is 11.2. The summed E-state index contributed by atoms with van der Waals surface area (Å²) in [6, 6.07) is 2.01. The van der Waals surface area contributed by atoms with Crippen LogP contribution in [0.25, 0.3) is 0 Å². The fourth-order valence-electron chi connectivity index (χ4n) is 3.85. The number of halogens is 1. The van der Waals surface area contributed by atoms with Gasteiger partial charge in [-0.3, -0.25) is 4.90 Å². The lowest BCUT2D eigenvalue weighted by Crippen LogP contribution is -2.53. The summed E-state index contributed by atoms with van der Waals surface area (Å²) < 4.78 is 13.0. The number of piperazine rings is 1. The van der Waals surface area contributed by atoms with Crippen LogP contribution in [0, 0.1) is 13.8 Å². The molecule has 31 heavy (non-hydrogen) atoms. The summed E-state index contributed by atoms with van der Waals surface area (Å²) in [6.45, 7) is 10.6. The van der Waals surface area contributed by atoms with Gasteiger partial charge in [0, 0.05) is 59.0 Å². The normalized spacial score (nSPS) is 20.2. The number of hydrogen-bond acceptors (Lipinski definition) is 7. The molecule has 2 saturated heterocycles. The van der Waals surface area contributed by atoms with Gasteiger partial charge in [-0.1, -0.05) is 5.16 Å². The van der Waals surface area contributed by atoms with E-state index in [0.717, 1.165) is 87.8 Å². The monoisotopic (exact) mass is 544 g/mol. The van der Waals surface area contributed by atoms with Gasteiger partial charge in [0.05, 0.1) is 11.8 Å². The van der Waals surface area contributed by atoms with Gasteiger partial charge in [-0.05, 0) is 26.7 Å². The van der Waals surface area contributed by atoms with Gasteiger partial charge in [0.25, 0.3) is 0 Å². The van der Waals surface area contributed by atoms with Crippen LogP contribution in [0.2, 0.25) is 0 Å². The van der Waals surface area contributed by atoms with Gasteiger partial charge in [0.2, 0.25) is 0 Å². The van der Waals surface area contributed by atoms with Gasteiger partial charge in [-0.2, -0.15) is 0 Å². The molecule has 11 heteroatoms. The van der Waals surface area contributed by atoms with Crippen molar-refractivity contribution in [1.29, 1.82) is 0 Å². The number of hydrogen-bond donors (Lipinski definition) is 1. The van der Waals surface area contributed by atoms with E-state index in [1.165, 1.54) is 0 Å². The Hall–Kier alpha value is -1.73. The van der Waals surface area contributed by atoms with Crippen LogP contribution in [0.3, 0.4) is 0 Å². The van der Waals surface area contributed by atoms with Crippen molar-refractivity contribution < 1.29 is 9.26 Å². The Balaban J connectivity index is 0.00000272. The second-order valence-corrected chi connectivity index (χ2v) is 8.07. The molecule has 4 heterocycles. The van der Waals surface area contributed by atoms with Crippen molar-refractivity contribution in [1.82, 2.24) is 35.0 Å². The smallest absolute Gasteiger partial charge is 0.194 e. The first-order valence-electron chi connectivity index (χ1n) is 10.7. The van der Waals surface area contributed by atoms with E-state index in [0.29, 0.717) is 6.54 Å². The Morgan fingerprint density at radius 2 is 2.03 bits per heavy atom. The Kier molecular flexibility index (Phi) is 8.67. The molecular weight excluding hydrogens is 511 g/mol. The predicted octanol–water partition coefficient (Wildman–Crippen LogP) is 1.48. The van der Waals surface area contributed by atoms with Crippen LogP contribution in [-0.4, -0.2) is 81.1 Å². The third-order valence-corrected chi connectivity index (χ3v) is 5.80. The third kappa shape index (κ3) is 6.39. The van der Waals surface area contributed by atoms with E-state index in [-0.39, 0.29) is 30.1 Å². The SMILES string of the molecule is Cc1cc(CN2CCN(C(=NCc3nnc(C)n3C)NCC3CCCO3)CC2)no1.I. The molecule has 0 radical (unpaired) electrons. The number of guanidine groups is 1. The summed E-state index contributed by atoms with van der Waals surface area (Å²) in [5.74, 6) is 3.54. The van der Waals surface area contributed by atoms with Crippen LogP contribution in [0.5, 0.6) is 0 Å². The first kappa shape index (κ1) is 23.9. The Morgan fingerprint density at radius 1 is 1.23 bits per heavy atom. The maximum atomic E-state index is 5.77. The summed E-state index contributed by atoms with van der Waals surface area (Å²) >= 11 is 0. The average Bonchev–Trinajstić information content (AvgIpc) is 3.48. The summed E-state index contributed by atoms with van der Waals surface area (Å²) in [4.78, 5) is 9.59. The van der Waals surface area contributed by atoms with E-state index in [9.17, 15) is 0 Å². The van der Waals surface area contributed by atoms with Gasteiger partial charge < -0.3 is 24.0 Å². The van der Waals surface area contributed by atoms with Crippen LogP contribution in [0.4, 0.5) is 0 Å². The van der Waals surface area contributed by atoms with Gasteiger partial charge in [0.1, 0.15) is 18.1 Å². The minimum Gasteiger partial charge on any atom is -0.376 e. The highest BCUT2D eigenvalue weighted by molar-refractivity contribution is 14.0. The molecular formula is C20H33IN8O2. The Bertz CT molecular complexity index is 853. The fraction of sp³-hybridized carbons (Fsp3) is 0.700. The molecule has 0 saturated carbocycles. The lowest BCUT2D eigenvalue weighted by Gasteiger charge is -2.36. The van der Waals surface area contributed by atoms with E-state index in [2.05, 4.69) is 30.5 Å². The maximum Gasteiger partial charge on any atom is 0.194 e. The number of aromatic nitrogens is 4. The Morgan fingerprint density at radius 3 is 2.65 bits per heavy atom. The lowest BCUT2D eigenvalue weighted by atomic mass is 10.2. The molecule has 2 aliphatic heterocycles. The predicted molar refractivity (Wildman–Crippen MR) is 127 cm³/mol. The summed E-state index contributed by atoms with van der Waals surface area (Å²) in [7, 11) is 1.98. The molecule has 172 valence electrons. The zero-order valence-corrected chi connectivity index (χ0v) is 20.9. The standard InChI is InChI=1S/C20H32N8O2.HI/c1-15-11-17(25-30-15)14-27-6-8-28(9-7-27)20(21-12-18-5-4-10-29-18)22-13-19-24-23-16(2)26(19)3;/h11,18H,4-10,12-14H2,1-3H3,(H,21,22);1H. The van der Waals surface area contributed by atoms with E-state index >= 15 is 0 Å². The average molecular weight is 544 g/mol. The Labute approximate surface area is 200 Å². The number of aliphatic imine (C=N–C) groups is 1. The van der Waals surface area contributed by atoms with Crippen molar-refractivity contribution in [2.75, 3.05) is 39.3 Å². The van der Waals surface area contributed by atoms with E-state index in [1.54, 1.807) is 0 Å². The second-order valence-electron chi connectivity index (χ2n) is 8.07. The van der Waals surface area contributed by atoms with Crippen LogP contribution >= 0.6 is 24.0 Å². The van der Waals surface area contributed by atoms with Crippen LogP contribution in [-0.2, 0) is 24.9 Å². The number of ether oxygens (including phenoxy) is 1. The first-order chi connectivity index (χ1) is 14.6. The van der Waals surface area contributed by atoms with Crippen molar-refractivity contribution in [3.63, 3.8) is 0 Å². The molecule has 2 aromatic rings. The minimum atomic E-state index is 0. The highest BCUT2D eigenvalue weighted by atomic mass is 127. The zero-order valence-electron chi connectivity index (χ0n) is 18.6. The highest BCUT2D eigenvalue weighted by Gasteiger charge is 2.23. The van der Waals surface area contributed by atoms with Crippen LogP contribution in [0.1, 0.15) is 35.9 Å². The van der Waals surface area contributed by atoms with Crippen molar-refractivity contribution in [2.24, 2.45) is 12.0 Å². The molecule has 0 aliphatic carbocycles. The molecule has 0 bridgehead atoms. The zero-order chi connectivity index (χ0) is 20.9. The molecule has 1 N–H and O–H groups in total. The largest absolute Gasteiger partial charge is 0.376 e. The van der Waals surface area contributed by atoms with Gasteiger partial charge >= 0.3 is 0 Å². The highest BCUT2D eigenvalue weighted by Crippen LogP contribution is 2.12. The number of rotatable bonds is 6. The van der Waals surface area contributed by atoms with Crippen molar-refractivity contribution in [3.8, 4) is 0 Å². The summed E-state index contributed by atoms with van der Waals surface area (Å²) in [5.41, 5.74) is 0.990. The van der Waals surface area contributed by atoms with Gasteiger partial charge in [-0.25, -0.2) is 4.99 Å². The van der Waals surface area contributed by atoms with Crippen molar-refractivity contribution >= 4 is 29.9 Å². The van der Waals surface area contributed by atoms with Crippen molar-refractivity contribution in [2.45, 2.75) is 45.9 Å². The molecule has 0 amide bonds. The molecule has 2 aromatic heterocycles. The lowest BCUT2D eigenvalue weighted by molar-refractivity contribution is 0.112. The topological polar surface area (TPSA) is 96.8 Å². The number of nitrogens with zero attached hydrogens (tertiary/aromatic N) is 7. The van der Waals surface area contributed by atoms with Crippen molar-refractivity contribution in [3.05, 3.63) is 29.2 Å².